The standard InChI is InChI=1S/C36H41F2N3O5/c1-26(2)32(41-35(45)46-24-30-15-8-4-9-16-30)34(44)40-31(22-28-19-17-27(18-20-28)12-10-5-11-21-42)33(43)36(37,38)25-39-23-29-13-6-3-7-14-29/h3-4,6-9,11,13-20,26,31-32,39H,5,10,12,22-25H2,1-2H3,(H,40,44)(H,41,45)/t31?,32-/m0/s1. The third-order valence-electron chi connectivity index (χ3n) is 7.31. The molecule has 8 nitrogen and oxygen atoms in total. The van der Waals surface area contributed by atoms with Gasteiger partial charge in [0.15, 0.2) is 0 Å². The Morgan fingerprint density at radius 3 is 2.07 bits per heavy atom. The number of carbonyl (C=O) groups is 3. The molecule has 244 valence electrons. The molecular formula is C36H41F2N3O5. The van der Waals surface area contributed by atoms with Crippen LogP contribution in [0.25, 0.3) is 0 Å². The fourth-order valence-electron chi connectivity index (χ4n) is 4.74. The maximum atomic E-state index is 15.3. The van der Waals surface area contributed by atoms with Crippen molar-refractivity contribution in [3.8, 4) is 0 Å². The van der Waals surface area contributed by atoms with E-state index in [9.17, 15) is 19.2 Å². The van der Waals surface area contributed by atoms with Gasteiger partial charge in [0.2, 0.25) is 11.7 Å². The molecule has 0 aromatic heterocycles. The summed E-state index contributed by atoms with van der Waals surface area (Å²) in [6, 6.07) is 22.3. The molecule has 0 aliphatic rings. The molecule has 0 heterocycles. The third kappa shape index (κ3) is 12.0. The van der Waals surface area contributed by atoms with Crippen molar-refractivity contribution >= 4 is 23.7 Å². The minimum atomic E-state index is -3.80. The fourth-order valence-corrected chi connectivity index (χ4v) is 4.74. The zero-order valence-corrected chi connectivity index (χ0v) is 26.1. The first-order valence-corrected chi connectivity index (χ1v) is 15.3. The average Bonchev–Trinajstić information content (AvgIpc) is 3.05. The SMILES string of the molecule is CC(C)[C@H](NC(=O)OCc1ccccc1)C(=O)NC(Cc1ccc(CCCC=C=O)cc1)C(=O)C(F)(F)CNCc1ccccc1. The number of carbonyl (C=O) groups excluding carboxylic acids is 4. The highest BCUT2D eigenvalue weighted by Gasteiger charge is 2.44. The van der Waals surface area contributed by atoms with Crippen molar-refractivity contribution in [2.75, 3.05) is 6.54 Å². The Kier molecular flexibility index (Phi) is 14.3. The molecule has 3 N–H and O–H groups in total. The minimum Gasteiger partial charge on any atom is -0.445 e. The van der Waals surface area contributed by atoms with Gasteiger partial charge in [-0.25, -0.2) is 9.59 Å². The van der Waals surface area contributed by atoms with Gasteiger partial charge in [-0.1, -0.05) is 98.8 Å². The van der Waals surface area contributed by atoms with Crippen LogP contribution < -0.4 is 16.0 Å². The number of alkyl halides is 2. The lowest BCUT2D eigenvalue weighted by molar-refractivity contribution is -0.146. The van der Waals surface area contributed by atoms with Gasteiger partial charge in [0.25, 0.3) is 0 Å². The maximum absolute atomic E-state index is 15.3. The second-order valence-electron chi connectivity index (χ2n) is 11.4. The molecule has 0 bridgehead atoms. The average molecular weight is 634 g/mol. The molecule has 1 unspecified atom stereocenters. The molecule has 0 saturated carbocycles. The van der Waals surface area contributed by atoms with E-state index in [-0.39, 0.29) is 19.6 Å². The van der Waals surface area contributed by atoms with Crippen LogP contribution in [0.3, 0.4) is 0 Å². The zero-order valence-electron chi connectivity index (χ0n) is 26.1. The summed E-state index contributed by atoms with van der Waals surface area (Å²) in [6.45, 7) is 2.56. The number of nitrogens with one attached hydrogen (secondary N) is 3. The molecule has 0 radical (unpaired) electrons. The Balaban J connectivity index is 1.72. The predicted octanol–water partition coefficient (Wildman–Crippen LogP) is 5.37. The van der Waals surface area contributed by atoms with Gasteiger partial charge in [-0.2, -0.15) is 8.78 Å². The monoisotopic (exact) mass is 633 g/mol. The van der Waals surface area contributed by atoms with Crippen LogP contribution in [-0.2, 0) is 45.1 Å². The largest absolute Gasteiger partial charge is 0.445 e. The van der Waals surface area contributed by atoms with Crippen LogP contribution in [0.2, 0.25) is 0 Å². The molecule has 3 aromatic carbocycles. The van der Waals surface area contributed by atoms with Crippen molar-refractivity contribution in [3.63, 3.8) is 0 Å². The van der Waals surface area contributed by atoms with Gasteiger partial charge in [0, 0.05) is 6.54 Å². The van der Waals surface area contributed by atoms with E-state index in [1.54, 1.807) is 80.5 Å². The number of aryl methyl sites for hydroxylation is 1. The molecule has 10 heteroatoms. The van der Waals surface area contributed by atoms with Crippen LogP contribution in [0.4, 0.5) is 13.6 Å². The van der Waals surface area contributed by atoms with Gasteiger partial charge < -0.3 is 20.7 Å². The Morgan fingerprint density at radius 2 is 1.46 bits per heavy atom. The van der Waals surface area contributed by atoms with Crippen LogP contribution >= 0.6 is 0 Å². The summed E-state index contributed by atoms with van der Waals surface area (Å²) in [7, 11) is 0. The van der Waals surface area contributed by atoms with E-state index in [4.69, 9.17) is 4.74 Å². The van der Waals surface area contributed by atoms with Crippen molar-refractivity contribution < 1.29 is 32.7 Å². The van der Waals surface area contributed by atoms with Crippen molar-refractivity contribution in [1.82, 2.24) is 16.0 Å². The van der Waals surface area contributed by atoms with Crippen LogP contribution in [-0.4, -0.2) is 48.3 Å². The second-order valence-corrected chi connectivity index (χ2v) is 11.4. The van der Waals surface area contributed by atoms with Crippen molar-refractivity contribution in [2.45, 2.75) is 70.7 Å². The summed E-state index contributed by atoms with van der Waals surface area (Å²) in [5.74, 6) is -4.72. The number of halogens is 2. The first-order chi connectivity index (χ1) is 22.1. The first kappa shape index (κ1) is 35.8. The van der Waals surface area contributed by atoms with Crippen molar-refractivity contribution in [1.29, 1.82) is 0 Å². The number of hydrogen-bond donors (Lipinski definition) is 3. The number of allylic oxidation sites excluding steroid dienone is 1. The van der Waals surface area contributed by atoms with Crippen molar-refractivity contribution in [3.05, 3.63) is 113 Å². The maximum Gasteiger partial charge on any atom is 0.408 e. The summed E-state index contributed by atoms with van der Waals surface area (Å²) in [4.78, 5) is 49.7. The Hall–Kier alpha value is -4.66. The van der Waals surface area contributed by atoms with Gasteiger partial charge >= 0.3 is 12.0 Å². The molecule has 0 fully saturated rings. The van der Waals surface area contributed by atoms with E-state index >= 15 is 8.78 Å². The van der Waals surface area contributed by atoms with E-state index in [1.807, 2.05) is 24.3 Å². The Bertz CT molecular complexity index is 1440. The van der Waals surface area contributed by atoms with Gasteiger partial charge in [0.05, 0.1) is 12.6 Å². The number of benzene rings is 3. The molecule has 3 aromatic rings. The summed E-state index contributed by atoms with van der Waals surface area (Å²) < 4.78 is 35.9. The summed E-state index contributed by atoms with van der Waals surface area (Å²) in [6.07, 6.45) is 2.42. The number of hydrogen-bond acceptors (Lipinski definition) is 6. The number of ketones is 1. The lowest BCUT2D eigenvalue weighted by Gasteiger charge is -2.27. The highest BCUT2D eigenvalue weighted by atomic mass is 19.3. The normalized spacial score (nSPS) is 12.5. The smallest absolute Gasteiger partial charge is 0.408 e. The van der Waals surface area contributed by atoms with Crippen LogP contribution in [0.5, 0.6) is 0 Å². The molecule has 46 heavy (non-hydrogen) atoms. The molecule has 0 spiro atoms. The predicted molar refractivity (Wildman–Crippen MR) is 172 cm³/mol. The van der Waals surface area contributed by atoms with Crippen LogP contribution in [0.1, 0.15) is 48.9 Å². The van der Waals surface area contributed by atoms with Crippen LogP contribution in [0, 0.1) is 5.92 Å². The topological polar surface area (TPSA) is 114 Å². The summed E-state index contributed by atoms with van der Waals surface area (Å²) >= 11 is 0. The molecule has 2 amide bonds. The summed E-state index contributed by atoms with van der Waals surface area (Å²) in [5.41, 5.74) is 3.08. The van der Waals surface area contributed by atoms with E-state index < -0.39 is 48.3 Å². The number of ether oxygens (including phenoxy) is 1. The van der Waals surface area contributed by atoms with Gasteiger partial charge in [-0.15, -0.1) is 0 Å². The first-order valence-electron chi connectivity index (χ1n) is 15.3. The minimum absolute atomic E-state index is 0.0216. The second kappa shape index (κ2) is 18.3. The Labute approximate surface area is 268 Å². The number of Topliss-reactive ketones (excluding diaryl/α,β-unsaturated/α-hetero) is 1. The molecule has 0 aliphatic heterocycles. The van der Waals surface area contributed by atoms with Gasteiger partial charge in [-0.05, 0) is 59.9 Å². The quantitative estimate of drug-likeness (QED) is 0.128. The number of alkyl carbamates (subject to hydrolysis) is 1. The van der Waals surface area contributed by atoms with Gasteiger partial charge in [-0.3, -0.25) is 9.59 Å². The highest BCUT2D eigenvalue weighted by Crippen LogP contribution is 2.20. The van der Waals surface area contributed by atoms with Crippen molar-refractivity contribution in [2.24, 2.45) is 5.92 Å². The van der Waals surface area contributed by atoms with E-state index in [2.05, 4.69) is 16.0 Å². The van der Waals surface area contributed by atoms with E-state index in [0.717, 1.165) is 23.1 Å². The van der Waals surface area contributed by atoms with E-state index in [1.165, 1.54) is 6.08 Å². The summed E-state index contributed by atoms with van der Waals surface area (Å²) in [5, 5.41) is 7.65. The molecule has 2 atom stereocenters. The molecule has 0 saturated heterocycles. The number of rotatable bonds is 18. The molecule has 0 aliphatic carbocycles. The Morgan fingerprint density at radius 1 is 0.848 bits per heavy atom. The highest BCUT2D eigenvalue weighted by molar-refractivity contribution is 5.96. The lowest BCUT2D eigenvalue weighted by Crippen LogP contribution is -2.57. The van der Waals surface area contributed by atoms with Gasteiger partial charge in [0.1, 0.15) is 18.6 Å². The lowest BCUT2D eigenvalue weighted by atomic mass is 9.95. The third-order valence-corrected chi connectivity index (χ3v) is 7.31. The molecular weight excluding hydrogens is 592 g/mol. The zero-order chi connectivity index (χ0) is 33.4. The number of unbranched alkanes of at least 4 members (excludes halogenated alkanes) is 1. The van der Waals surface area contributed by atoms with E-state index in [0.29, 0.717) is 18.4 Å². The number of amides is 2. The fraction of sp³-hybridized carbons (Fsp3) is 0.361. The van der Waals surface area contributed by atoms with Crippen LogP contribution in [0.15, 0.2) is 91.0 Å². The molecule has 3 rings (SSSR count).